The highest BCUT2D eigenvalue weighted by Crippen LogP contribution is 2.68. The smallest absolute Gasteiger partial charge is 0.224 e. The summed E-state index contributed by atoms with van der Waals surface area (Å²) >= 11 is 0. The molecule has 1 aliphatic carbocycles. The Bertz CT molecular complexity index is 479. The van der Waals surface area contributed by atoms with Crippen LogP contribution in [-0.4, -0.2) is 75.6 Å². The van der Waals surface area contributed by atoms with Crippen molar-refractivity contribution in [2.45, 2.75) is 65.8 Å². The van der Waals surface area contributed by atoms with E-state index in [2.05, 4.69) is 39.9 Å². The van der Waals surface area contributed by atoms with Gasteiger partial charge in [0.2, 0.25) is 5.91 Å². The molecule has 6 heteroatoms. The fraction of sp³-hybridized carbons (Fsp3) is 0.955. The lowest BCUT2D eigenvalue weighted by Gasteiger charge is -2.34. The zero-order chi connectivity index (χ0) is 20.7. The summed E-state index contributed by atoms with van der Waals surface area (Å²) in [6.07, 6.45) is 4.12. The number of hydrogen-bond donors (Lipinski definition) is 1. The Morgan fingerprint density at radius 2 is 1.43 bits per heavy atom. The minimum absolute atomic E-state index is 0.128. The molecule has 0 unspecified atom stereocenters. The van der Waals surface area contributed by atoms with Crippen LogP contribution in [0, 0.1) is 10.8 Å². The molecule has 1 aliphatic heterocycles. The van der Waals surface area contributed by atoms with Crippen molar-refractivity contribution in [3.05, 3.63) is 0 Å². The number of ether oxygens (including phenoxy) is 3. The van der Waals surface area contributed by atoms with E-state index in [0.29, 0.717) is 56.9 Å². The van der Waals surface area contributed by atoms with Gasteiger partial charge >= 0.3 is 0 Å². The Balaban J connectivity index is 1.36. The number of carbonyl (C=O) groups excluding carboxylic acids is 1. The molecule has 1 heterocycles. The van der Waals surface area contributed by atoms with E-state index in [-0.39, 0.29) is 11.4 Å². The summed E-state index contributed by atoms with van der Waals surface area (Å²) < 4.78 is 16.5. The quantitative estimate of drug-likeness (QED) is 0.512. The minimum Gasteiger partial charge on any atom is -0.379 e. The number of nitrogens with one attached hydrogen (secondary N) is 1. The molecule has 0 radical (unpaired) electrons. The Morgan fingerprint density at radius 3 is 1.93 bits per heavy atom. The Morgan fingerprint density at radius 1 is 0.929 bits per heavy atom. The van der Waals surface area contributed by atoms with Gasteiger partial charge in [-0.25, -0.2) is 0 Å². The molecule has 1 spiro atoms. The molecule has 0 aromatic carbocycles. The maximum atomic E-state index is 12.3. The van der Waals surface area contributed by atoms with Gasteiger partial charge in [0.15, 0.2) is 0 Å². The molecule has 28 heavy (non-hydrogen) atoms. The highest BCUT2D eigenvalue weighted by molar-refractivity contribution is 5.76. The van der Waals surface area contributed by atoms with E-state index >= 15 is 0 Å². The molecule has 0 bridgehead atoms. The van der Waals surface area contributed by atoms with Gasteiger partial charge in [0, 0.05) is 25.2 Å². The van der Waals surface area contributed by atoms with Crippen molar-refractivity contribution in [3.8, 4) is 0 Å². The van der Waals surface area contributed by atoms with E-state index in [0.717, 1.165) is 32.5 Å². The highest BCUT2D eigenvalue weighted by atomic mass is 16.5. The number of carbonyl (C=O) groups is 1. The second-order valence-corrected chi connectivity index (χ2v) is 9.99. The molecular formula is C22H42N2O4. The topological polar surface area (TPSA) is 60.0 Å². The summed E-state index contributed by atoms with van der Waals surface area (Å²) in [6.45, 7) is 17.2. The van der Waals surface area contributed by atoms with E-state index < -0.39 is 0 Å². The van der Waals surface area contributed by atoms with E-state index in [4.69, 9.17) is 14.2 Å². The fourth-order valence-electron chi connectivity index (χ4n) is 4.20. The molecule has 0 aromatic rings. The number of likely N-dealkylation sites (tertiary alicyclic amines) is 1. The predicted octanol–water partition coefficient (Wildman–Crippen LogP) is 2.85. The van der Waals surface area contributed by atoms with Crippen LogP contribution in [0.4, 0.5) is 0 Å². The monoisotopic (exact) mass is 398 g/mol. The minimum atomic E-state index is 0.128. The third kappa shape index (κ3) is 7.62. The summed E-state index contributed by atoms with van der Waals surface area (Å²) in [4.78, 5) is 14.3. The molecule has 1 N–H and O–H groups in total. The first-order chi connectivity index (χ1) is 13.2. The largest absolute Gasteiger partial charge is 0.379 e. The number of nitrogens with zero attached hydrogens (tertiary/aromatic N) is 1. The summed E-state index contributed by atoms with van der Waals surface area (Å²) in [5, 5.41) is 3.37. The van der Waals surface area contributed by atoms with Crippen LogP contribution in [0.3, 0.4) is 0 Å². The van der Waals surface area contributed by atoms with Gasteiger partial charge in [-0.15, -0.1) is 0 Å². The molecule has 2 aliphatic rings. The van der Waals surface area contributed by atoms with Crippen molar-refractivity contribution in [2.75, 3.05) is 59.3 Å². The molecule has 1 amide bonds. The first-order valence-electron chi connectivity index (χ1n) is 10.9. The molecule has 2 rings (SSSR count). The lowest BCUT2D eigenvalue weighted by Crippen LogP contribution is -2.40. The first-order valence-corrected chi connectivity index (χ1v) is 10.9. The second-order valence-electron chi connectivity index (χ2n) is 9.99. The van der Waals surface area contributed by atoms with Crippen LogP contribution < -0.4 is 5.32 Å². The second kappa shape index (κ2) is 10.4. The van der Waals surface area contributed by atoms with E-state index in [9.17, 15) is 4.79 Å². The molecule has 0 atom stereocenters. The van der Waals surface area contributed by atoms with Crippen LogP contribution in [0.5, 0.6) is 0 Å². The summed E-state index contributed by atoms with van der Waals surface area (Å²) in [7, 11) is 0. The molecule has 164 valence electrons. The molecule has 0 aromatic heterocycles. The van der Waals surface area contributed by atoms with E-state index in [1.165, 1.54) is 6.42 Å². The number of amides is 1. The Labute approximate surface area is 171 Å². The lowest BCUT2D eigenvalue weighted by atomic mass is 9.86. The van der Waals surface area contributed by atoms with Gasteiger partial charge in [0.25, 0.3) is 0 Å². The van der Waals surface area contributed by atoms with Gasteiger partial charge in [0.1, 0.15) is 0 Å². The van der Waals surface area contributed by atoms with Crippen LogP contribution in [-0.2, 0) is 19.0 Å². The van der Waals surface area contributed by atoms with E-state index in [1.54, 1.807) is 0 Å². The third-order valence-electron chi connectivity index (χ3n) is 6.27. The average Bonchev–Trinajstić information content (AvgIpc) is 3.14. The summed E-state index contributed by atoms with van der Waals surface area (Å²) in [5.41, 5.74) is 1.13. The van der Waals surface area contributed by atoms with Gasteiger partial charge in [-0.05, 0) is 50.9 Å². The molecule has 6 nitrogen and oxygen atoms in total. The van der Waals surface area contributed by atoms with Crippen LogP contribution in [0.25, 0.3) is 0 Å². The molecule has 1 saturated heterocycles. The predicted molar refractivity (Wildman–Crippen MR) is 111 cm³/mol. The van der Waals surface area contributed by atoms with Crippen molar-refractivity contribution in [2.24, 2.45) is 10.8 Å². The zero-order valence-corrected chi connectivity index (χ0v) is 18.8. The van der Waals surface area contributed by atoms with Crippen LogP contribution in [0.15, 0.2) is 0 Å². The normalized spacial score (nSPS) is 20.5. The third-order valence-corrected chi connectivity index (χ3v) is 6.27. The zero-order valence-electron chi connectivity index (χ0n) is 18.8. The van der Waals surface area contributed by atoms with Gasteiger partial charge in [-0.2, -0.15) is 0 Å². The van der Waals surface area contributed by atoms with Gasteiger partial charge < -0.3 is 24.4 Å². The number of piperidine rings is 1. The lowest BCUT2D eigenvalue weighted by molar-refractivity contribution is -0.134. The Kier molecular flexibility index (Phi) is 8.74. The maximum Gasteiger partial charge on any atom is 0.224 e. The van der Waals surface area contributed by atoms with Gasteiger partial charge in [-0.3, -0.25) is 4.79 Å². The van der Waals surface area contributed by atoms with Crippen molar-refractivity contribution < 1.29 is 19.0 Å². The van der Waals surface area contributed by atoms with Crippen molar-refractivity contribution >= 4 is 5.91 Å². The molecular weight excluding hydrogens is 356 g/mol. The highest BCUT2D eigenvalue weighted by Gasteiger charge is 2.61. The fourth-order valence-corrected chi connectivity index (χ4v) is 4.20. The molecule has 1 saturated carbocycles. The maximum absolute atomic E-state index is 12.3. The SMILES string of the molecule is CC(C)(C)NCCOCCOCCOCCC(=O)N1CCC2(CC1)CC2(C)C. The average molecular weight is 399 g/mol. The van der Waals surface area contributed by atoms with Gasteiger partial charge in [-0.1, -0.05) is 13.8 Å². The van der Waals surface area contributed by atoms with Crippen molar-refractivity contribution in [1.29, 1.82) is 0 Å². The van der Waals surface area contributed by atoms with E-state index in [1.807, 2.05) is 4.90 Å². The summed E-state index contributed by atoms with van der Waals surface area (Å²) in [5.74, 6) is 0.228. The van der Waals surface area contributed by atoms with Crippen LogP contribution in [0.1, 0.15) is 60.3 Å². The van der Waals surface area contributed by atoms with Crippen LogP contribution in [0.2, 0.25) is 0 Å². The first kappa shape index (κ1) is 23.6. The standard InChI is InChI=1S/C22H42N2O4/c1-20(2,3)23-9-13-27-15-17-28-16-14-26-12-6-19(25)24-10-7-22(8-11-24)18-21(22,4)5/h23H,6-18H2,1-5H3. The number of hydrogen-bond acceptors (Lipinski definition) is 5. The number of rotatable bonds is 12. The van der Waals surface area contributed by atoms with Gasteiger partial charge in [0.05, 0.1) is 46.1 Å². The van der Waals surface area contributed by atoms with Crippen molar-refractivity contribution in [3.63, 3.8) is 0 Å². The van der Waals surface area contributed by atoms with Crippen LogP contribution >= 0.6 is 0 Å². The molecule has 2 fully saturated rings. The summed E-state index contributed by atoms with van der Waals surface area (Å²) in [6, 6.07) is 0. The van der Waals surface area contributed by atoms with Crippen molar-refractivity contribution in [1.82, 2.24) is 10.2 Å². The Hall–Kier alpha value is -0.690.